The first-order valence-corrected chi connectivity index (χ1v) is 15.5. The van der Waals surface area contributed by atoms with E-state index < -0.39 is 0 Å². The lowest BCUT2D eigenvalue weighted by Gasteiger charge is -2.26. The molecular weight excluding hydrogens is 520 g/mol. The van der Waals surface area contributed by atoms with Gasteiger partial charge in [-0.2, -0.15) is 0 Å². The van der Waals surface area contributed by atoms with E-state index in [0.717, 1.165) is 19.3 Å². The van der Waals surface area contributed by atoms with Crippen LogP contribution in [0.4, 0.5) is 17.1 Å². The summed E-state index contributed by atoms with van der Waals surface area (Å²) in [5.41, 5.74) is 11.5. The number of benzene rings is 6. The van der Waals surface area contributed by atoms with E-state index in [2.05, 4.69) is 157 Å². The molecule has 0 radical (unpaired) electrons. The van der Waals surface area contributed by atoms with E-state index in [1.54, 1.807) is 0 Å². The van der Waals surface area contributed by atoms with Crippen molar-refractivity contribution >= 4 is 44.2 Å². The second-order valence-corrected chi connectivity index (χ2v) is 11.6. The van der Waals surface area contributed by atoms with Gasteiger partial charge in [0, 0.05) is 5.69 Å². The Morgan fingerprint density at radius 2 is 1.16 bits per heavy atom. The first-order valence-electron chi connectivity index (χ1n) is 15.5. The standard InChI is InChI=1S/C41H34N2/c1-2-39-42-37-18-10-11-19-38(37)43(39)32-26-24-31(25-27-32)41-35-16-8-6-14-33(35)40(34-15-7-9-17-36(34)41)30-22-20-29(21-23-30)28-12-4-3-5-13-28/h3-4,6-12,14-27,39,42H,2,5,13H2,1H3. The zero-order chi connectivity index (χ0) is 28.8. The normalized spacial score (nSPS) is 15.9. The summed E-state index contributed by atoms with van der Waals surface area (Å²) in [6, 6.07) is 44.8. The lowest BCUT2D eigenvalue weighted by Crippen LogP contribution is -2.30. The molecule has 0 saturated carbocycles. The number of anilines is 3. The maximum Gasteiger partial charge on any atom is 0.104 e. The number of nitrogens with zero attached hydrogens (tertiary/aromatic N) is 1. The molecule has 0 bridgehead atoms. The van der Waals surface area contributed by atoms with Crippen molar-refractivity contribution in [3.63, 3.8) is 0 Å². The molecule has 1 aliphatic carbocycles. The molecule has 2 nitrogen and oxygen atoms in total. The topological polar surface area (TPSA) is 15.3 Å². The molecule has 0 amide bonds. The molecule has 6 aromatic rings. The predicted octanol–water partition coefficient (Wildman–Crippen LogP) is 11.4. The lowest BCUT2D eigenvalue weighted by molar-refractivity contribution is 0.728. The Kier molecular flexibility index (Phi) is 6.34. The Morgan fingerprint density at radius 1 is 0.628 bits per heavy atom. The van der Waals surface area contributed by atoms with Gasteiger partial charge in [0.15, 0.2) is 0 Å². The highest BCUT2D eigenvalue weighted by Gasteiger charge is 2.28. The maximum absolute atomic E-state index is 3.69. The second kappa shape index (κ2) is 10.6. The first-order chi connectivity index (χ1) is 21.3. The van der Waals surface area contributed by atoms with E-state index in [4.69, 9.17) is 0 Å². The first kappa shape index (κ1) is 25.6. The third kappa shape index (κ3) is 4.33. The molecule has 2 aliphatic rings. The van der Waals surface area contributed by atoms with Crippen LogP contribution in [0.2, 0.25) is 0 Å². The molecule has 0 saturated heterocycles. The number of nitrogens with one attached hydrogen (secondary N) is 1. The van der Waals surface area contributed by atoms with Crippen LogP contribution in [0, 0.1) is 0 Å². The van der Waals surface area contributed by atoms with E-state index in [1.165, 1.54) is 72.0 Å². The Bertz CT molecular complexity index is 1970. The summed E-state index contributed by atoms with van der Waals surface area (Å²) in [7, 11) is 0. The van der Waals surface area contributed by atoms with Gasteiger partial charge in [0.2, 0.25) is 0 Å². The fourth-order valence-corrected chi connectivity index (χ4v) is 7.05. The van der Waals surface area contributed by atoms with E-state index >= 15 is 0 Å². The fourth-order valence-electron chi connectivity index (χ4n) is 7.05. The van der Waals surface area contributed by atoms with Crippen LogP contribution < -0.4 is 10.2 Å². The van der Waals surface area contributed by atoms with Crippen LogP contribution in [0.25, 0.3) is 49.4 Å². The van der Waals surface area contributed by atoms with Crippen LogP contribution in [-0.4, -0.2) is 6.17 Å². The van der Waals surface area contributed by atoms with E-state index in [1.807, 2.05) is 0 Å². The summed E-state index contributed by atoms with van der Waals surface area (Å²) >= 11 is 0. The highest BCUT2D eigenvalue weighted by atomic mass is 15.3. The smallest absolute Gasteiger partial charge is 0.104 e. The third-order valence-corrected chi connectivity index (χ3v) is 9.11. The minimum absolute atomic E-state index is 0.251. The number of para-hydroxylation sites is 2. The monoisotopic (exact) mass is 554 g/mol. The summed E-state index contributed by atoms with van der Waals surface area (Å²) < 4.78 is 0. The number of fused-ring (bicyclic) bond motifs is 3. The molecule has 1 atom stereocenters. The van der Waals surface area contributed by atoms with Crippen molar-refractivity contribution in [2.24, 2.45) is 0 Å². The van der Waals surface area contributed by atoms with Gasteiger partial charge < -0.3 is 10.2 Å². The van der Waals surface area contributed by atoms with Gasteiger partial charge in [-0.3, -0.25) is 0 Å². The van der Waals surface area contributed by atoms with Crippen molar-refractivity contribution in [1.82, 2.24) is 0 Å². The molecule has 0 fully saturated rings. The lowest BCUT2D eigenvalue weighted by atomic mass is 9.85. The van der Waals surface area contributed by atoms with E-state index in [-0.39, 0.29) is 6.17 Å². The maximum atomic E-state index is 3.69. The summed E-state index contributed by atoms with van der Waals surface area (Å²) in [5.74, 6) is 0. The van der Waals surface area contributed by atoms with Crippen LogP contribution >= 0.6 is 0 Å². The second-order valence-electron chi connectivity index (χ2n) is 11.6. The van der Waals surface area contributed by atoms with Gasteiger partial charge in [-0.15, -0.1) is 0 Å². The minimum Gasteiger partial charge on any atom is -0.363 e. The summed E-state index contributed by atoms with van der Waals surface area (Å²) in [6.07, 6.45) is 10.2. The van der Waals surface area contributed by atoms with Crippen LogP contribution in [0.3, 0.4) is 0 Å². The van der Waals surface area contributed by atoms with Gasteiger partial charge in [-0.05, 0) is 98.5 Å². The molecule has 208 valence electrons. The summed E-state index contributed by atoms with van der Waals surface area (Å²) in [6.45, 7) is 2.24. The SMILES string of the molecule is CCC1Nc2ccccc2N1c1ccc(-c2c3ccccc3c(-c3ccc(C4=CC=CCC4)cc3)c3ccccc23)cc1. The quantitative estimate of drug-likeness (QED) is 0.213. The summed E-state index contributed by atoms with van der Waals surface area (Å²) in [4.78, 5) is 2.43. The molecule has 6 aromatic carbocycles. The highest BCUT2D eigenvalue weighted by Crippen LogP contribution is 2.45. The molecule has 0 spiro atoms. The van der Waals surface area contributed by atoms with Crippen molar-refractivity contribution in [1.29, 1.82) is 0 Å². The highest BCUT2D eigenvalue weighted by molar-refractivity contribution is 6.21. The molecule has 1 N–H and O–H groups in total. The van der Waals surface area contributed by atoms with Gasteiger partial charge in [-0.25, -0.2) is 0 Å². The van der Waals surface area contributed by atoms with E-state index in [9.17, 15) is 0 Å². The molecule has 2 heteroatoms. The minimum atomic E-state index is 0.251. The van der Waals surface area contributed by atoms with Crippen LogP contribution in [-0.2, 0) is 0 Å². The van der Waals surface area contributed by atoms with Crippen molar-refractivity contribution in [3.8, 4) is 22.3 Å². The van der Waals surface area contributed by atoms with Gasteiger partial charge in [0.25, 0.3) is 0 Å². The largest absolute Gasteiger partial charge is 0.363 e. The Hall–Kier alpha value is -5.08. The Labute approximate surface area is 253 Å². The fraction of sp³-hybridized carbons (Fsp3) is 0.122. The zero-order valence-corrected chi connectivity index (χ0v) is 24.4. The van der Waals surface area contributed by atoms with Crippen molar-refractivity contribution in [3.05, 3.63) is 145 Å². The zero-order valence-electron chi connectivity index (χ0n) is 24.4. The average molecular weight is 555 g/mol. The molecule has 1 heterocycles. The summed E-state index contributed by atoms with van der Waals surface area (Å²) in [5, 5.41) is 8.84. The predicted molar refractivity (Wildman–Crippen MR) is 185 cm³/mol. The van der Waals surface area contributed by atoms with Crippen molar-refractivity contribution < 1.29 is 0 Å². The Morgan fingerprint density at radius 3 is 1.72 bits per heavy atom. The van der Waals surface area contributed by atoms with Gasteiger partial charge in [-0.1, -0.05) is 122 Å². The van der Waals surface area contributed by atoms with Crippen molar-refractivity contribution in [2.45, 2.75) is 32.4 Å². The molecule has 8 rings (SSSR count). The number of hydrogen-bond acceptors (Lipinski definition) is 2. The number of hydrogen-bond donors (Lipinski definition) is 1. The molecule has 0 aromatic heterocycles. The number of rotatable bonds is 5. The Balaban J connectivity index is 1.26. The molecule has 1 aliphatic heterocycles. The van der Waals surface area contributed by atoms with Crippen LogP contribution in [0.1, 0.15) is 31.7 Å². The molecular formula is C41H34N2. The van der Waals surface area contributed by atoms with Gasteiger partial charge in [0.1, 0.15) is 6.17 Å². The average Bonchev–Trinajstić information content (AvgIpc) is 3.47. The molecule has 1 unspecified atom stereocenters. The number of allylic oxidation sites excluding steroid dienone is 4. The van der Waals surface area contributed by atoms with Gasteiger partial charge >= 0.3 is 0 Å². The van der Waals surface area contributed by atoms with Gasteiger partial charge in [0.05, 0.1) is 11.4 Å². The molecule has 43 heavy (non-hydrogen) atoms. The van der Waals surface area contributed by atoms with Crippen molar-refractivity contribution in [2.75, 3.05) is 10.2 Å². The van der Waals surface area contributed by atoms with Crippen LogP contribution in [0.5, 0.6) is 0 Å². The van der Waals surface area contributed by atoms with Crippen LogP contribution in [0.15, 0.2) is 140 Å². The van der Waals surface area contributed by atoms with E-state index in [0.29, 0.717) is 0 Å². The third-order valence-electron chi connectivity index (χ3n) is 9.11.